The van der Waals surface area contributed by atoms with Crippen molar-refractivity contribution in [3.63, 3.8) is 0 Å². The SMILES string of the molecule is Cc1ncc2c(c1-c1noc(-c3ccnn3C)n1)CCN(c1cnccn1)C2. The first-order valence-corrected chi connectivity index (χ1v) is 9.01. The number of pyridine rings is 1. The normalized spacial score (nSPS) is 13.6. The standard InChI is InChI=1S/C19H18N8O/c1-12-17(18-24-19(28-25-18)15-3-5-23-26(15)2)14-4-8-27(11-13(14)9-22-12)16-10-20-6-7-21-16/h3,5-7,9-10H,4,8,11H2,1-2H3. The van der Waals surface area contributed by atoms with E-state index < -0.39 is 0 Å². The predicted molar refractivity (Wildman–Crippen MR) is 101 cm³/mol. The summed E-state index contributed by atoms with van der Waals surface area (Å²) in [6.45, 7) is 3.54. The van der Waals surface area contributed by atoms with Crippen LogP contribution < -0.4 is 4.90 Å². The third kappa shape index (κ3) is 2.72. The van der Waals surface area contributed by atoms with Gasteiger partial charge in [0, 0.05) is 56.2 Å². The zero-order valence-electron chi connectivity index (χ0n) is 15.6. The number of hydrogen-bond donors (Lipinski definition) is 0. The van der Waals surface area contributed by atoms with Gasteiger partial charge in [-0.2, -0.15) is 10.1 Å². The van der Waals surface area contributed by atoms with Gasteiger partial charge in [0.25, 0.3) is 5.89 Å². The average molecular weight is 374 g/mol. The highest BCUT2D eigenvalue weighted by molar-refractivity contribution is 5.67. The lowest BCUT2D eigenvalue weighted by molar-refractivity contribution is 0.428. The van der Waals surface area contributed by atoms with Crippen molar-refractivity contribution in [1.82, 2.24) is 34.9 Å². The summed E-state index contributed by atoms with van der Waals surface area (Å²) in [7, 11) is 1.84. The minimum atomic E-state index is 0.448. The molecule has 28 heavy (non-hydrogen) atoms. The highest BCUT2D eigenvalue weighted by atomic mass is 16.5. The van der Waals surface area contributed by atoms with Crippen LogP contribution in [0.15, 0.2) is 41.6 Å². The van der Waals surface area contributed by atoms with Gasteiger partial charge in [0.05, 0.1) is 6.20 Å². The van der Waals surface area contributed by atoms with Crippen LogP contribution in [0.25, 0.3) is 23.0 Å². The monoisotopic (exact) mass is 374 g/mol. The maximum atomic E-state index is 5.50. The van der Waals surface area contributed by atoms with E-state index in [0.29, 0.717) is 11.7 Å². The molecule has 5 rings (SSSR count). The van der Waals surface area contributed by atoms with E-state index in [0.717, 1.165) is 47.8 Å². The van der Waals surface area contributed by atoms with E-state index in [1.54, 1.807) is 29.5 Å². The van der Waals surface area contributed by atoms with Gasteiger partial charge in [0.2, 0.25) is 5.82 Å². The summed E-state index contributed by atoms with van der Waals surface area (Å²) >= 11 is 0. The molecule has 0 unspecified atom stereocenters. The van der Waals surface area contributed by atoms with Crippen LogP contribution in [0.2, 0.25) is 0 Å². The third-order valence-electron chi connectivity index (χ3n) is 5.02. The lowest BCUT2D eigenvalue weighted by atomic mass is 9.94. The van der Waals surface area contributed by atoms with Gasteiger partial charge in [0.15, 0.2) is 0 Å². The molecule has 0 saturated heterocycles. The Morgan fingerprint density at radius 3 is 2.82 bits per heavy atom. The molecule has 0 saturated carbocycles. The first-order valence-electron chi connectivity index (χ1n) is 9.01. The summed E-state index contributed by atoms with van der Waals surface area (Å²) in [5, 5.41) is 8.39. The average Bonchev–Trinajstić information content (AvgIpc) is 3.37. The van der Waals surface area contributed by atoms with Crippen molar-refractivity contribution in [2.45, 2.75) is 19.9 Å². The van der Waals surface area contributed by atoms with Crippen molar-refractivity contribution < 1.29 is 4.52 Å². The Labute approximate surface area is 161 Å². The highest BCUT2D eigenvalue weighted by Crippen LogP contribution is 2.32. The van der Waals surface area contributed by atoms with Crippen LogP contribution in [0.5, 0.6) is 0 Å². The molecule has 140 valence electrons. The van der Waals surface area contributed by atoms with Crippen LogP contribution in [0, 0.1) is 6.92 Å². The fraction of sp³-hybridized carbons (Fsp3) is 0.263. The van der Waals surface area contributed by atoms with Gasteiger partial charge < -0.3 is 9.42 Å². The molecule has 0 bridgehead atoms. The first-order chi connectivity index (χ1) is 13.7. The minimum Gasteiger partial charge on any atom is -0.351 e. The summed E-state index contributed by atoms with van der Waals surface area (Å²) in [4.78, 5) is 20.0. The summed E-state index contributed by atoms with van der Waals surface area (Å²) in [6, 6.07) is 1.85. The highest BCUT2D eigenvalue weighted by Gasteiger charge is 2.25. The molecule has 0 amide bonds. The van der Waals surface area contributed by atoms with Crippen LogP contribution in [-0.4, -0.2) is 41.4 Å². The molecule has 1 aliphatic rings. The second kappa shape index (κ2) is 6.52. The lowest BCUT2D eigenvalue weighted by Gasteiger charge is -2.30. The fourth-order valence-corrected chi connectivity index (χ4v) is 3.61. The summed E-state index contributed by atoms with van der Waals surface area (Å²) < 4.78 is 7.21. The molecule has 0 spiro atoms. The molecular formula is C19H18N8O. The molecule has 0 fully saturated rings. The Hall–Kier alpha value is -3.62. The van der Waals surface area contributed by atoms with Gasteiger partial charge in [-0.15, -0.1) is 0 Å². The second-order valence-electron chi connectivity index (χ2n) is 6.72. The maximum Gasteiger partial charge on any atom is 0.276 e. The lowest BCUT2D eigenvalue weighted by Crippen LogP contribution is -2.31. The Balaban J connectivity index is 1.52. The summed E-state index contributed by atoms with van der Waals surface area (Å²) in [6.07, 6.45) is 9.66. The third-order valence-corrected chi connectivity index (χ3v) is 5.02. The van der Waals surface area contributed by atoms with Crippen LogP contribution >= 0.6 is 0 Å². The maximum absolute atomic E-state index is 5.50. The fourth-order valence-electron chi connectivity index (χ4n) is 3.61. The summed E-state index contributed by atoms with van der Waals surface area (Å²) in [5.74, 6) is 1.88. The van der Waals surface area contributed by atoms with E-state index in [1.807, 2.05) is 26.2 Å². The predicted octanol–water partition coefficient (Wildman–Crippen LogP) is 2.19. The zero-order chi connectivity index (χ0) is 19.1. The molecule has 4 aromatic heterocycles. The molecule has 4 aromatic rings. The van der Waals surface area contributed by atoms with Crippen LogP contribution in [0.3, 0.4) is 0 Å². The number of aromatic nitrogens is 7. The van der Waals surface area contributed by atoms with Crippen LogP contribution in [0.1, 0.15) is 16.8 Å². The van der Waals surface area contributed by atoms with Crippen molar-refractivity contribution in [3.05, 3.63) is 53.9 Å². The van der Waals surface area contributed by atoms with Gasteiger partial charge in [-0.05, 0) is 30.5 Å². The molecule has 9 nitrogen and oxygen atoms in total. The number of aryl methyl sites for hydroxylation is 2. The van der Waals surface area contributed by atoms with Gasteiger partial charge in [-0.3, -0.25) is 14.6 Å². The van der Waals surface area contributed by atoms with Crippen molar-refractivity contribution in [2.24, 2.45) is 7.05 Å². The van der Waals surface area contributed by atoms with Crippen LogP contribution in [0.4, 0.5) is 5.82 Å². The Morgan fingerprint density at radius 1 is 1.11 bits per heavy atom. The number of fused-ring (bicyclic) bond motifs is 1. The van der Waals surface area contributed by atoms with Crippen molar-refractivity contribution in [2.75, 3.05) is 11.4 Å². The minimum absolute atomic E-state index is 0.448. The quantitative estimate of drug-likeness (QED) is 0.538. The van der Waals surface area contributed by atoms with E-state index in [9.17, 15) is 0 Å². The van der Waals surface area contributed by atoms with Gasteiger partial charge in [-0.25, -0.2) is 4.98 Å². The van der Waals surface area contributed by atoms with E-state index in [2.05, 4.69) is 35.1 Å². The van der Waals surface area contributed by atoms with Gasteiger partial charge in [-0.1, -0.05) is 5.16 Å². The Kier molecular flexibility index (Phi) is 3.85. The number of hydrogen-bond acceptors (Lipinski definition) is 8. The Morgan fingerprint density at radius 2 is 2.04 bits per heavy atom. The van der Waals surface area contributed by atoms with E-state index in [1.165, 1.54) is 5.56 Å². The topological polar surface area (TPSA) is 98.6 Å². The van der Waals surface area contributed by atoms with E-state index in [4.69, 9.17) is 4.52 Å². The van der Waals surface area contributed by atoms with Crippen molar-refractivity contribution in [1.29, 1.82) is 0 Å². The first kappa shape index (κ1) is 16.5. The van der Waals surface area contributed by atoms with Crippen molar-refractivity contribution >= 4 is 5.82 Å². The number of anilines is 1. The smallest absolute Gasteiger partial charge is 0.276 e. The molecule has 0 radical (unpaired) electrons. The second-order valence-corrected chi connectivity index (χ2v) is 6.72. The van der Waals surface area contributed by atoms with E-state index in [-0.39, 0.29) is 0 Å². The van der Waals surface area contributed by atoms with Crippen molar-refractivity contribution in [3.8, 4) is 23.0 Å². The Bertz CT molecular complexity index is 1130. The largest absolute Gasteiger partial charge is 0.351 e. The molecule has 0 aromatic carbocycles. The molecule has 0 atom stereocenters. The molecule has 0 aliphatic carbocycles. The molecule has 0 N–H and O–H groups in total. The van der Waals surface area contributed by atoms with Gasteiger partial charge in [0.1, 0.15) is 11.5 Å². The molecular weight excluding hydrogens is 356 g/mol. The van der Waals surface area contributed by atoms with E-state index >= 15 is 0 Å². The molecule has 9 heteroatoms. The zero-order valence-corrected chi connectivity index (χ0v) is 15.6. The van der Waals surface area contributed by atoms with Gasteiger partial charge >= 0.3 is 0 Å². The number of nitrogens with zero attached hydrogens (tertiary/aromatic N) is 8. The van der Waals surface area contributed by atoms with Crippen LogP contribution in [-0.2, 0) is 20.0 Å². The number of rotatable bonds is 3. The molecule has 1 aliphatic heterocycles. The summed E-state index contributed by atoms with van der Waals surface area (Å²) in [5.41, 5.74) is 4.98. The molecule has 5 heterocycles.